The van der Waals surface area contributed by atoms with E-state index in [0.29, 0.717) is 30.5 Å². The first kappa shape index (κ1) is 25.7. The number of likely N-dealkylation sites (tertiary alicyclic amines) is 1. The van der Waals surface area contributed by atoms with Crippen LogP contribution in [-0.4, -0.2) is 62.5 Å². The highest BCUT2D eigenvalue weighted by Gasteiger charge is 2.34. The van der Waals surface area contributed by atoms with E-state index in [1.807, 2.05) is 35.9 Å². The van der Waals surface area contributed by atoms with E-state index in [2.05, 4.69) is 55.7 Å². The van der Waals surface area contributed by atoms with E-state index in [0.717, 1.165) is 68.5 Å². The third-order valence-electron chi connectivity index (χ3n) is 8.04. The maximum absolute atomic E-state index is 13.6. The Kier molecular flexibility index (Phi) is 7.69. The molecule has 9 nitrogen and oxygen atoms in total. The molecule has 0 saturated carbocycles. The van der Waals surface area contributed by atoms with Crippen LogP contribution in [0.25, 0.3) is 10.9 Å². The minimum absolute atomic E-state index is 0.0909. The number of hydrogen-bond donors (Lipinski definition) is 1. The normalized spacial score (nSPS) is 19.5. The van der Waals surface area contributed by atoms with Crippen molar-refractivity contribution in [2.45, 2.75) is 57.7 Å². The molecule has 4 heterocycles. The molecule has 0 aliphatic carbocycles. The van der Waals surface area contributed by atoms with Gasteiger partial charge in [-0.05, 0) is 98.3 Å². The Hall–Kier alpha value is -3.56. The summed E-state index contributed by atoms with van der Waals surface area (Å²) in [6.45, 7) is 5.64. The second-order valence-corrected chi connectivity index (χ2v) is 10.7. The van der Waals surface area contributed by atoms with E-state index in [1.165, 1.54) is 5.56 Å². The molecule has 2 aromatic heterocycles. The van der Waals surface area contributed by atoms with Crippen LogP contribution in [-0.2, 0) is 17.7 Å². The van der Waals surface area contributed by atoms with E-state index < -0.39 is 0 Å². The zero-order valence-electron chi connectivity index (χ0n) is 22.5. The first-order chi connectivity index (χ1) is 19.2. The lowest BCUT2D eigenvalue weighted by Crippen LogP contribution is -2.41. The molecule has 204 valence electrons. The molecule has 2 atom stereocenters. The fourth-order valence-electron chi connectivity index (χ4n) is 6.04. The van der Waals surface area contributed by atoms with Gasteiger partial charge < -0.3 is 14.5 Å². The fourth-order valence-corrected chi connectivity index (χ4v) is 6.04. The number of tetrazole rings is 1. The van der Waals surface area contributed by atoms with Crippen molar-refractivity contribution in [3.05, 3.63) is 81.9 Å². The van der Waals surface area contributed by atoms with E-state index in [4.69, 9.17) is 9.47 Å². The first-order valence-electron chi connectivity index (χ1n) is 14.1. The van der Waals surface area contributed by atoms with Crippen LogP contribution in [0.5, 0.6) is 5.75 Å². The zero-order valence-corrected chi connectivity index (χ0v) is 22.5. The standard InChI is InChI=1S/C30H36N6O3/c1-2-38-24-10-11-27-23(18-24)19-26(30(37)31-27)28(29-32-33-34-36(29)20-25-9-6-16-39-25)35-14-12-22(13-15-35)17-21-7-4-3-5-8-21/h3-5,7-8,10-11,18-19,22,25,28H,2,6,9,12-17,20H2,1H3,(H,31,37)/t25-,28+/m1/s1. The highest BCUT2D eigenvalue weighted by atomic mass is 16.5. The van der Waals surface area contributed by atoms with Gasteiger partial charge in [0.1, 0.15) is 11.8 Å². The van der Waals surface area contributed by atoms with Gasteiger partial charge in [0.25, 0.3) is 5.56 Å². The number of hydrogen-bond acceptors (Lipinski definition) is 7. The minimum atomic E-state index is -0.358. The number of nitrogens with one attached hydrogen (secondary N) is 1. The van der Waals surface area contributed by atoms with E-state index >= 15 is 0 Å². The summed E-state index contributed by atoms with van der Waals surface area (Å²) < 4.78 is 13.5. The van der Waals surface area contributed by atoms with E-state index in [9.17, 15) is 4.79 Å². The van der Waals surface area contributed by atoms with Crippen LogP contribution in [0.2, 0.25) is 0 Å². The van der Waals surface area contributed by atoms with E-state index in [1.54, 1.807) is 0 Å². The quantitative estimate of drug-likeness (QED) is 0.349. The van der Waals surface area contributed by atoms with Gasteiger partial charge in [0.2, 0.25) is 0 Å². The summed E-state index contributed by atoms with van der Waals surface area (Å²) in [5, 5.41) is 13.8. The topological polar surface area (TPSA) is 98.2 Å². The molecule has 0 unspecified atom stereocenters. The number of pyridine rings is 1. The minimum Gasteiger partial charge on any atom is -0.494 e. The van der Waals surface area contributed by atoms with Gasteiger partial charge in [-0.25, -0.2) is 4.68 Å². The Labute approximate surface area is 228 Å². The monoisotopic (exact) mass is 528 g/mol. The van der Waals surface area contributed by atoms with Crippen molar-refractivity contribution in [2.75, 3.05) is 26.3 Å². The van der Waals surface area contributed by atoms with Crippen LogP contribution in [0.15, 0.2) is 59.4 Å². The summed E-state index contributed by atoms with van der Waals surface area (Å²) >= 11 is 0. The average Bonchev–Trinajstić information content (AvgIpc) is 3.64. The van der Waals surface area contributed by atoms with Crippen molar-refractivity contribution in [2.24, 2.45) is 5.92 Å². The number of H-pyrrole nitrogens is 1. The maximum atomic E-state index is 13.6. The number of rotatable bonds is 9. The van der Waals surface area contributed by atoms with Crippen LogP contribution < -0.4 is 10.3 Å². The van der Waals surface area contributed by atoms with Crippen molar-refractivity contribution in [3.63, 3.8) is 0 Å². The number of piperidine rings is 1. The summed E-state index contributed by atoms with van der Waals surface area (Å²) in [5.41, 5.74) is 2.70. The van der Waals surface area contributed by atoms with Gasteiger partial charge in [-0.15, -0.1) is 5.10 Å². The molecule has 9 heteroatoms. The predicted octanol–water partition coefficient (Wildman–Crippen LogP) is 4.14. The molecule has 2 aromatic carbocycles. The summed E-state index contributed by atoms with van der Waals surface area (Å²) in [4.78, 5) is 19.0. The zero-order chi connectivity index (χ0) is 26.6. The second kappa shape index (κ2) is 11.7. The molecule has 0 bridgehead atoms. The largest absolute Gasteiger partial charge is 0.494 e. The lowest BCUT2D eigenvalue weighted by molar-refractivity contribution is 0.0892. The molecule has 2 fully saturated rings. The van der Waals surface area contributed by atoms with Crippen molar-refractivity contribution in [1.29, 1.82) is 0 Å². The highest BCUT2D eigenvalue weighted by molar-refractivity contribution is 5.80. The van der Waals surface area contributed by atoms with Gasteiger partial charge in [-0.1, -0.05) is 30.3 Å². The number of ether oxygens (including phenoxy) is 2. The Bertz CT molecular complexity index is 1440. The molecule has 0 spiro atoms. The molecule has 6 rings (SSSR count). The SMILES string of the molecule is CCOc1ccc2[nH]c(=O)c([C@@H](c3nnnn3C[C@H]3CCCO3)N3CCC(Cc4ccccc4)CC3)cc2c1. The van der Waals surface area contributed by atoms with Gasteiger partial charge in [-0.2, -0.15) is 0 Å². The van der Waals surface area contributed by atoms with Crippen molar-refractivity contribution in [1.82, 2.24) is 30.1 Å². The molecule has 2 aliphatic heterocycles. The highest BCUT2D eigenvalue weighted by Crippen LogP contribution is 2.33. The number of fused-ring (bicyclic) bond motifs is 1. The Morgan fingerprint density at radius 1 is 1.10 bits per heavy atom. The number of nitrogens with zero attached hydrogens (tertiary/aromatic N) is 5. The van der Waals surface area contributed by atoms with Gasteiger partial charge in [0, 0.05) is 23.1 Å². The lowest BCUT2D eigenvalue weighted by Gasteiger charge is -2.37. The summed E-state index contributed by atoms with van der Waals surface area (Å²) in [6.07, 6.45) is 5.32. The van der Waals surface area contributed by atoms with Gasteiger partial charge in [-0.3, -0.25) is 9.69 Å². The van der Waals surface area contributed by atoms with Gasteiger partial charge in [0.15, 0.2) is 5.82 Å². The molecule has 0 amide bonds. The lowest BCUT2D eigenvalue weighted by atomic mass is 9.89. The summed E-state index contributed by atoms with van der Waals surface area (Å²) in [7, 11) is 0. The Morgan fingerprint density at radius 3 is 2.72 bits per heavy atom. The second-order valence-electron chi connectivity index (χ2n) is 10.7. The summed E-state index contributed by atoms with van der Waals surface area (Å²) in [6, 6.07) is 18.1. The van der Waals surface area contributed by atoms with E-state index in [-0.39, 0.29) is 17.7 Å². The number of benzene rings is 2. The molecule has 4 aromatic rings. The van der Waals surface area contributed by atoms with Crippen LogP contribution in [0.1, 0.15) is 55.6 Å². The molecule has 2 saturated heterocycles. The van der Waals surface area contributed by atoms with Crippen LogP contribution in [0.3, 0.4) is 0 Å². The maximum Gasteiger partial charge on any atom is 0.253 e. The third kappa shape index (κ3) is 5.74. The molecule has 1 N–H and O–H groups in total. The Morgan fingerprint density at radius 2 is 1.95 bits per heavy atom. The third-order valence-corrected chi connectivity index (χ3v) is 8.04. The molecular weight excluding hydrogens is 492 g/mol. The average molecular weight is 529 g/mol. The predicted molar refractivity (Wildman–Crippen MR) is 149 cm³/mol. The smallest absolute Gasteiger partial charge is 0.253 e. The molecule has 0 radical (unpaired) electrons. The van der Waals surface area contributed by atoms with Crippen molar-refractivity contribution in [3.8, 4) is 5.75 Å². The molecular formula is C30H36N6O3. The van der Waals surface area contributed by atoms with Crippen LogP contribution >= 0.6 is 0 Å². The van der Waals surface area contributed by atoms with Gasteiger partial charge >= 0.3 is 0 Å². The summed E-state index contributed by atoms with van der Waals surface area (Å²) in [5.74, 6) is 2.08. The fraction of sp³-hybridized carbons (Fsp3) is 0.467. The number of aromatic nitrogens is 5. The first-order valence-corrected chi connectivity index (χ1v) is 14.1. The van der Waals surface area contributed by atoms with Crippen molar-refractivity contribution < 1.29 is 9.47 Å². The van der Waals surface area contributed by atoms with Gasteiger partial charge in [0.05, 0.1) is 19.3 Å². The number of aromatic amines is 1. The van der Waals surface area contributed by atoms with Crippen molar-refractivity contribution >= 4 is 10.9 Å². The van der Waals surface area contributed by atoms with Crippen LogP contribution in [0, 0.1) is 5.92 Å². The Balaban J connectivity index is 1.33. The molecule has 39 heavy (non-hydrogen) atoms. The van der Waals surface area contributed by atoms with Crippen LogP contribution in [0.4, 0.5) is 0 Å². The molecule has 2 aliphatic rings.